The van der Waals surface area contributed by atoms with Crippen LogP contribution in [0.5, 0.6) is 23.5 Å². The SMILES string of the molecule is CC(C)[Si](C#Cc1c(F)ccc2cc(O[Si](c3ccccc3)(c3ccccc3)C(C)(C)C)cc(Oc3nc4nc(OC[C@@]56CCCN5C[C@H](F)C6)nc(N5CCC[C@@](C)(O)C5)c4n3C3CCC3)c12)(C(C)C)C(C)C. The Morgan fingerprint density at radius 1 is 0.838 bits per heavy atom. The van der Waals surface area contributed by atoms with Crippen molar-refractivity contribution in [3.05, 3.63) is 96.3 Å². The number of piperidine rings is 1. The molecule has 4 aliphatic rings. The summed E-state index contributed by atoms with van der Waals surface area (Å²) in [5.74, 6) is 4.67. The van der Waals surface area contributed by atoms with Gasteiger partial charge < -0.3 is 23.9 Å². The fourth-order valence-electron chi connectivity index (χ4n) is 13.5. The van der Waals surface area contributed by atoms with Crippen molar-refractivity contribution in [2.45, 2.75) is 166 Å². The molecule has 0 unspecified atom stereocenters. The molecule has 0 amide bonds. The van der Waals surface area contributed by atoms with Gasteiger partial charge in [-0.25, -0.2) is 8.78 Å². The second kappa shape index (κ2) is 20.0. The lowest BCUT2D eigenvalue weighted by atomic mass is 9.92. The number of halogens is 2. The lowest BCUT2D eigenvalue weighted by Crippen LogP contribution is -2.68. The fourth-order valence-corrected chi connectivity index (χ4v) is 23.1. The molecule has 3 atom stereocenters. The minimum atomic E-state index is -3.18. The van der Waals surface area contributed by atoms with E-state index in [1.807, 2.05) is 37.3 Å². The normalized spacial score (nSPS) is 21.9. The van der Waals surface area contributed by atoms with E-state index in [0.29, 0.717) is 89.0 Å². The van der Waals surface area contributed by atoms with E-state index in [1.165, 1.54) is 6.07 Å². The molecule has 0 radical (unpaired) electrons. The summed E-state index contributed by atoms with van der Waals surface area (Å²) in [5.41, 5.74) is 4.84. The predicted molar refractivity (Wildman–Crippen MR) is 299 cm³/mol. The van der Waals surface area contributed by atoms with E-state index in [-0.39, 0.29) is 29.3 Å². The third-order valence-corrected chi connectivity index (χ3v) is 28.5. The van der Waals surface area contributed by atoms with Crippen LogP contribution < -0.4 is 29.2 Å². The summed E-state index contributed by atoms with van der Waals surface area (Å²) in [6.45, 7) is 24.8. The van der Waals surface area contributed by atoms with Crippen LogP contribution in [0, 0.1) is 17.3 Å². The first-order valence-corrected chi connectivity index (χ1v) is 31.5. The van der Waals surface area contributed by atoms with Crippen molar-refractivity contribution in [3.8, 4) is 35.0 Å². The fraction of sp³-hybridized carbons (Fsp3) is 0.517. The number of nitrogens with zero attached hydrogens (tertiary/aromatic N) is 6. The lowest BCUT2D eigenvalue weighted by Gasteiger charge is -2.43. The molecule has 1 aliphatic carbocycles. The van der Waals surface area contributed by atoms with E-state index < -0.39 is 39.5 Å². The largest absolute Gasteiger partial charge is 0.534 e. The van der Waals surface area contributed by atoms with Crippen molar-refractivity contribution >= 4 is 54.5 Å². The van der Waals surface area contributed by atoms with E-state index in [0.717, 1.165) is 60.8 Å². The summed E-state index contributed by atoms with van der Waals surface area (Å²) in [5, 5.41) is 14.7. The van der Waals surface area contributed by atoms with Crippen molar-refractivity contribution < 1.29 is 27.8 Å². The number of benzene rings is 4. The van der Waals surface area contributed by atoms with Gasteiger partial charge in [0.25, 0.3) is 0 Å². The Labute approximate surface area is 439 Å². The Hall–Kier alpha value is -5.34. The molecule has 3 saturated heterocycles. The van der Waals surface area contributed by atoms with Crippen molar-refractivity contribution in [1.29, 1.82) is 0 Å². The summed E-state index contributed by atoms with van der Waals surface area (Å²) in [7, 11) is -5.51. The van der Waals surface area contributed by atoms with Gasteiger partial charge in [0.1, 0.15) is 43.7 Å². The first kappa shape index (κ1) is 52.1. The van der Waals surface area contributed by atoms with Crippen molar-refractivity contribution in [3.63, 3.8) is 0 Å². The van der Waals surface area contributed by atoms with Crippen LogP contribution in [0.25, 0.3) is 21.9 Å². The summed E-state index contributed by atoms with van der Waals surface area (Å²) in [4.78, 5) is 19.8. The monoisotopic (exact) mass is 1040 g/mol. The van der Waals surface area contributed by atoms with Gasteiger partial charge in [-0.3, -0.25) is 9.47 Å². The number of β-amino-alcohol motifs (C(OH)–C–C–N with tert-alkyl or cyclic N) is 1. The summed E-state index contributed by atoms with van der Waals surface area (Å²) in [6, 6.07) is 28.8. The summed E-state index contributed by atoms with van der Waals surface area (Å²) < 4.78 is 55.8. The number of imidazole rings is 1. The zero-order chi connectivity index (χ0) is 52.4. The third kappa shape index (κ3) is 9.31. The van der Waals surface area contributed by atoms with Crippen LogP contribution in [-0.2, 0) is 0 Å². The van der Waals surface area contributed by atoms with Gasteiger partial charge in [0.15, 0.2) is 11.5 Å². The van der Waals surface area contributed by atoms with Gasteiger partial charge in [-0.05, 0) is 108 Å². The minimum absolute atomic E-state index is 0.00822. The number of anilines is 1. The average Bonchev–Trinajstić information content (AvgIpc) is 4.00. The molecular formula is C60H76F2N6O4Si2. The average molecular weight is 1040 g/mol. The van der Waals surface area contributed by atoms with Crippen LogP contribution in [0.3, 0.4) is 0 Å². The number of ether oxygens (including phenoxy) is 2. The zero-order valence-electron chi connectivity index (χ0n) is 45.3. The Balaban J connectivity index is 1.19. The Bertz CT molecular complexity index is 3010. The maximum Gasteiger partial charge on any atom is 0.320 e. The van der Waals surface area contributed by atoms with Gasteiger partial charge in [0.05, 0.1) is 16.7 Å². The first-order chi connectivity index (χ1) is 35.2. The highest BCUT2D eigenvalue weighted by Crippen LogP contribution is 2.47. The molecule has 0 bridgehead atoms. The van der Waals surface area contributed by atoms with E-state index in [4.69, 9.17) is 28.9 Å². The molecule has 6 aromatic rings. The summed E-state index contributed by atoms with van der Waals surface area (Å²) >= 11 is 0. The number of alkyl halides is 1. The number of rotatable bonds is 14. The molecule has 4 aromatic carbocycles. The third-order valence-electron chi connectivity index (χ3n) is 17.3. The van der Waals surface area contributed by atoms with Gasteiger partial charge in [-0.1, -0.05) is 135 Å². The number of aliphatic hydroxyl groups is 1. The molecule has 0 spiro atoms. The van der Waals surface area contributed by atoms with Gasteiger partial charge in [-0.15, -0.1) is 5.54 Å². The minimum Gasteiger partial charge on any atom is -0.534 e. The highest BCUT2D eigenvalue weighted by atomic mass is 28.4. The Morgan fingerprint density at radius 3 is 2.11 bits per heavy atom. The maximum absolute atomic E-state index is 17.0. The molecule has 2 aromatic heterocycles. The van der Waals surface area contributed by atoms with Gasteiger partial charge in [0, 0.05) is 43.5 Å². The van der Waals surface area contributed by atoms with Crippen molar-refractivity contribution in [2.24, 2.45) is 0 Å². The molecular weight excluding hydrogens is 963 g/mol. The number of aromatic nitrogens is 4. The van der Waals surface area contributed by atoms with E-state index in [9.17, 15) is 9.50 Å². The van der Waals surface area contributed by atoms with Gasteiger partial charge >= 0.3 is 20.3 Å². The van der Waals surface area contributed by atoms with Gasteiger partial charge in [0.2, 0.25) is 0 Å². The smallest absolute Gasteiger partial charge is 0.320 e. The zero-order valence-corrected chi connectivity index (χ0v) is 47.3. The van der Waals surface area contributed by atoms with Crippen LogP contribution in [0.2, 0.25) is 21.7 Å². The molecule has 10 nitrogen and oxygen atoms in total. The van der Waals surface area contributed by atoms with Crippen LogP contribution in [-0.4, -0.2) is 96.0 Å². The van der Waals surface area contributed by atoms with Crippen LogP contribution in [0.15, 0.2) is 84.9 Å². The van der Waals surface area contributed by atoms with E-state index >= 15 is 4.39 Å². The second-order valence-electron chi connectivity index (χ2n) is 24.2. The topological polar surface area (TPSA) is 98.0 Å². The molecule has 14 heteroatoms. The van der Waals surface area contributed by atoms with E-state index in [1.54, 1.807) is 0 Å². The van der Waals surface area contributed by atoms with Crippen LogP contribution in [0.4, 0.5) is 14.6 Å². The second-order valence-corrected chi connectivity index (χ2v) is 34.0. The Kier molecular flexibility index (Phi) is 14.1. The lowest BCUT2D eigenvalue weighted by molar-refractivity contribution is 0.0446. The molecule has 3 aliphatic heterocycles. The molecule has 1 N–H and O–H groups in total. The molecule has 1 saturated carbocycles. The first-order valence-electron chi connectivity index (χ1n) is 27.3. The van der Waals surface area contributed by atoms with Gasteiger partial charge in [-0.2, -0.15) is 15.0 Å². The number of fused-ring (bicyclic) bond motifs is 3. The van der Waals surface area contributed by atoms with Crippen LogP contribution >= 0.6 is 0 Å². The van der Waals surface area contributed by atoms with Crippen molar-refractivity contribution in [2.75, 3.05) is 37.7 Å². The molecule has 5 heterocycles. The quantitative estimate of drug-likeness (QED) is 0.0845. The predicted octanol–water partition coefficient (Wildman–Crippen LogP) is 12.5. The number of hydrogen-bond donors (Lipinski definition) is 1. The standard InChI is InChI=1S/C60H76F2N6O4Si2/c1-40(2)73(41(3)4,42(5)6)33-28-49-50(62)27-26-43-34-46(72-74(58(7,8)9,47-22-13-11-14-23-47)48-24-15-12-16-25-48)35-51(52(43)49)71-57-64-54-53(68(57)45-20-17-21-45)55(66-31-18-29-59(10,69)38-66)65-56(63-54)70-39-60-30-19-32-67(60)37-44(61)36-60/h11-16,22-27,34-35,40-42,44-45,69H,17-21,29-32,36-39H2,1-10H3/t44-,59-,60+/m1/s1. The van der Waals surface area contributed by atoms with E-state index in [2.05, 4.69) is 137 Å². The maximum atomic E-state index is 17.0. The van der Waals surface area contributed by atoms with Crippen molar-refractivity contribution in [1.82, 2.24) is 24.4 Å². The molecule has 10 rings (SSSR count). The highest BCUT2D eigenvalue weighted by Gasteiger charge is 2.53. The van der Waals surface area contributed by atoms with Crippen LogP contribution in [0.1, 0.15) is 132 Å². The summed E-state index contributed by atoms with van der Waals surface area (Å²) in [6.07, 6.45) is 5.57. The Morgan fingerprint density at radius 2 is 1.50 bits per heavy atom. The highest BCUT2D eigenvalue weighted by molar-refractivity contribution is 7.00. The molecule has 4 fully saturated rings. The molecule has 74 heavy (non-hydrogen) atoms. The molecule has 392 valence electrons. The number of hydrogen-bond acceptors (Lipinski definition) is 9.